The summed E-state index contributed by atoms with van der Waals surface area (Å²) >= 11 is 18.2. The van der Waals surface area contributed by atoms with Gasteiger partial charge in [0.1, 0.15) is 11.2 Å². The van der Waals surface area contributed by atoms with Gasteiger partial charge < -0.3 is 5.73 Å². The van der Waals surface area contributed by atoms with Crippen molar-refractivity contribution in [1.29, 1.82) is 0 Å². The topological polar surface area (TPSA) is 50.1 Å². The van der Waals surface area contributed by atoms with Gasteiger partial charge in [-0.3, -0.25) is 10.6 Å². The molecule has 0 amide bonds. The molecule has 0 saturated heterocycles. The zero-order valence-electron chi connectivity index (χ0n) is 12.1. The Bertz CT molecular complexity index is 230. The highest BCUT2D eigenvalue weighted by molar-refractivity contribution is 6.24. The van der Waals surface area contributed by atoms with E-state index >= 15 is 0 Å². The first kappa shape index (κ1) is 18.8. The van der Waals surface area contributed by atoms with Gasteiger partial charge in [-0.15, -0.1) is 11.6 Å². The molecule has 1 aliphatic carbocycles. The standard InChI is InChI=1S/C14H28Cl3N3/c15-12(19-14(17)20-13(16)18)11-9-7-5-3-1-2-4-6-8-10-11/h11-14,19-20H,1-10,18H2. The fourth-order valence-corrected chi connectivity index (χ4v) is 3.68. The molecule has 120 valence electrons. The quantitative estimate of drug-likeness (QED) is 0.397. The molecular weight excluding hydrogens is 317 g/mol. The molecule has 1 saturated carbocycles. The number of hydrogen-bond donors (Lipinski definition) is 3. The third-order valence-corrected chi connectivity index (χ3v) is 4.79. The Morgan fingerprint density at radius 3 is 1.65 bits per heavy atom. The molecule has 3 unspecified atom stereocenters. The minimum Gasteiger partial charge on any atom is -0.303 e. The maximum Gasteiger partial charge on any atom is 0.138 e. The minimum atomic E-state index is -0.665. The lowest BCUT2D eigenvalue weighted by Crippen LogP contribution is -2.49. The van der Waals surface area contributed by atoms with Crippen LogP contribution in [0.3, 0.4) is 0 Å². The van der Waals surface area contributed by atoms with Crippen LogP contribution in [0.15, 0.2) is 0 Å². The van der Waals surface area contributed by atoms with Crippen molar-refractivity contribution >= 4 is 34.8 Å². The molecule has 0 radical (unpaired) electrons. The molecule has 1 aliphatic rings. The average molecular weight is 345 g/mol. The van der Waals surface area contributed by atoms with Crippen molar-refractivity contribution in [3.05, 3.63) is 0 Å². The number of hydrogen-bond acceptors (Lipinski definition) is 3. The Labute approximate surface area is 138 Å². The van der Waals surface area contributed by atoms with Crippen molar-refractivity contribution in [3.63, 3.8) is 0 Å². The Morgan fingerprint density at radius 2 is 1.20 bits per heavy atom. The lowest BCUT2D eigenvalue weighted by molar-refractivity contribution is 0.345. The van der Waals surface area contributed by atoms with Gasteiger partial charge in [0.25, 0.3) is 0 Å². The Kier molecular flexibility index (Phi) is 10.7. The molecule has 3 atom stereocenters. The molecule has 20 heavy (non-hydrogen) atoms. The van der Waals surface area contributed by atoms with Crippen LogP contribution in [0.1, 0.15) is 64.2 Å². The third kappa shape index (κ3) is 8.91. The van der Waals surface area contributed by atoms with E-state index in [1.165, 1.54) is 51.4 Å². The first-order valence-electron chi connectivity index (χ1n) is 7.79. The predicted molar refractivity (Wildman–Crippen MR) is 89.0 cm³/mol. The molecule has 0 aromatic heterocycles. The van der Waals surface area contributed by atoms with E-state index in [0.717, 1.165) is 12.8 Å². The lowest BCUT2D eigenvalue weighted by atomic mass is 9.95. The molecule has 3 nitrogen and oxygen atoms in total. The summed E-state index contributed by atoms with van der Waals surface area (Å²) < 4.78 is 0. The number of halogens is 3. The summed E-state index contributed by atoms with van der Waals surface area (Å²) in [6.45, 7) is 0. The second-order valence-electron chi connectivity index (χ2n) is 5.67. The van der Waals surface area contributed by atoms with Crippen molar-refractivity contribution in [2.45, 2.75) is 81.0 Å². The molecule has 1 fully saturated rings. The summed E-state index contributed by atoms with van der Waals surface area (Å²) in [5.41, 5.74) is 4.14. The van der Waals surface area contributed by atoms with E-state index in [1.54, 1.807) is 0 Å². The van der Waals surface area contributed by atoms with Gasteiger partial charge in [-0.25, -0.2) is 0 Å². The molecule has 0 spiro atoms. The van der Waals surface area contributed by atoms with Crippen molar-refractivity contribution in [1.82, 2.24) is 10.6 Å². The maximum atomic E-state index is 6.48. The summed E-state index contributed by atoms with van der Waals surface area (Å²) in [5, 5.41) is 5.92. The van der Waals surface area contributed by atoms with Crippen molar-refractivity contribution in [2.75, 3.05) is 0 Å². The minimum absolute atomic E-state index is 0.138. The highest BCUT2D eigenvalue weighted by Crippen LogP contribution is 2.25. The summed E-state index contributed by atoms with van der Waals surface area (Å²) in [7, 11) is 0. The van der Waals surface area contributed by atoms with Crippen molar-refractivity contribution in [2.24, 2.45) is 11.7 Å². The van der Waals surface area contributed by atoms with E-state index in [-0.39, 0.29) is 5.50 Å². The van der Waals surface area contributed by atoms with Gasteiger partial charge >= 0.3 is 0 Å². The number of nitrogens with one attached hydrogen (secondary N) is 2. The molecule has 4 N–H and O–H groups in total. The van der Waals surface area contributed by atoms with Crippen LogP contribution < -0.4 is 16.4 Å². The second-order valence-corrected chi connectivity index (χ2v) is 7.04. The van der Waals surface area contributed by atoms with Crippen LogP contribution in [0.2, 0.25) is 0 Å². The van der Waals surface area contributed by atoms with Crippen molar-refractivity contribution < 1.29 is 0 Å². The Morgan fingerprint density at radius 1 is 0.750 bits per heavy atom. The van der Waals surface area contributed by atoms with Gasteiger partial charge in [0.05, 0.1) is 5.50 Å². The number of nitrogens with two attached hydrogens (primary N) is 1. The van der Waals surface area contributed by atoms with E-state index in [4.69, 9.17) is 40.5 Å². The molecule has 0 aromatic rings. The normalized spacial score (nSPS) is 24.6. The van der Waals surface area contributed by atoms with E-state index in [2.05, 4.69) is 10.6 Å². The van der Waals surface area contributed by atoms with E-state index in [1.807, 2.05) is 0 Å². The molecule has 6 heteroatoms. The first-order chi connectivity index (χ1) is 9.59. The van der Waals surface area contributed by atoms with Crippen LogP contribution in [0.25, 0.3) is 0 Å². The zero-order chi connectivity index (χ0) is 14.8. The monoisotopic (exact) mass is 343 g/mol. The van der Waals surface area contributed by atoms with Gasteiger partial charge in [-0.05, 0) is 18.8 Å². The number of rotatable bonds is 5. The van der Waals surface area contributed by atoms with Crippen LogP contribution in [0.4, 0.5) is 0 Å². The summed E-state index contributed by atoms with van der Waals surface area (Å²) in [4.78, 5) is 0. The largest absolute Gasteiger partial charge is 0.303 e. The zero-order valence-corrected chi connectivity index (χ0v) is 14.4. The smallest absolute Gasteiger partial charge is 0.138 e. The number of alkyl halides is 3. The average Bonchev–Trinajstić information content (AvgIpc) is 2.42. The SMILES string of the molecule is NC(Cl)NC(Cl)NC(Cl)C1CCCCCCCCCC1. The summed E-state index contributed by atoms with van der Waals surface area (Å²) in [5.74, 6) is 0.462. The van der Waals surface area contributed by atoms with E-state index in [0.29, 0.717) is 5.92 Å². The van der Waals surface area contributed by atoms with Crippen molar-refractivity contribution in [3.8, 4) is 0 Å². The van der Waals surface area contributed by atoms with Crippen LogP contribution in [-0.4, -0.2) is 16.8 Å². The van der Waals surface area contributed by atoms with E-state index in [9.17, 15) is 0 Å². The highest BCUT2D eigenvalue weighted by atomic mass is 35.5. The molecule has 0 aliphatic heterocycles. The van der Waals surface area contributed by atoms with Gasteiger partial charge in [0, 0.05) is 0 Å². The summed E-state index contributed by atoms with van der Waals surface area (Å²) in [6, 6.07) is 0. The van der Waals surface area contributed by atoms with Crippen LogP contribution >= 0.6 is 34.8 Å². The molecule has 0 heterocycles. The maximum absolute atomic E-state index is 6.48. The highest BCUT2D eigenvalue weighted by Gasteiger charge is 2.21. The lowest BCUT2D eigenvalue weighted by Gasteiger charge is -2.26. The second kappa shape index (κ2) is 11.3. The molecule has 1 rings (SSSR count). The molecular formula is C14H28Cl3N3. The predicted octanol–water partition coefficient (Wildman–Crippen LogP) is 4.26. The summed E-state index contributed by atoms with van der Waals surface area (Å²) in [6.07, 6.45) is 12.9. The fourth-order valence-electron chi connectivity index (χ4n) is 2.77. The Balaban J connectivity index is 2.37. The van der Waals surface area contributed by atoms with Crippen LogP contribution in [0, 0.1) is 5.92 Å². The van der Waals surface area contributed by atoms with Gasteiger partial charge in [-0.2, -0.15) is 0 Å². The van der Waals surface area contributed by atoms with Gasteiger partial charge in [0.15, 0.2) is 0 Å². The van der Waals surface area contributed by atoms with Gasteiger partial charge in [-0.1, -0.05) is 74.6 Å². The third-order valence-electron chi connectivity index (χ3n) is 3.92. The van der Waals surface area contributed by atoms with Crippen LogP contribution in [0.5, 0.6) is 0 Å². The first-order valence-corrected chi connectivity index (χ1v) is 9.10. The fraction of sp³-hybridized carbons (Fsp3) is 1.00. The van der Waals surface area contributed by atoms with Crippen LogP contribution in [-0.2, 0) is 0 Å². The Hall–Kier alpha value is 0.750. The van der Waals surface area contributed by atoms with E-state index < -0.39 is 11.2 Å². The molecule has 0 bridgehead atoms. The van der Waals surface area contributed by atoms with Gasteiger partial charge in [0.2, 0.25) is 0 Å². The molecule has 0 aromatic carbocycles.